The fourth-order valence-corrected chi connectivity index (χ4v) is 2.16. The molecule has 2 nitrogen and oxygen atoms in total. The molecule has 0 spiro atoms. The largest absolute Gasteiger partial charge is 0.494 e. The summed E-state index contributed by atoms with van der Waals surface area (Å²) < 4.78 is 5.73. The predicted octanol–water partition coefficient (Wildman–Crippen LogP) is 3.64. The van der Waals surface area contributed by atoms with Gasteiger partial charge in [0.1, 0.15) is 5.75 Å². The van der Waals surface area contributed by atoms with E-state index in [1.165, 1.54) is 16.7 Å². The first-order chi connectivity index (χ1) is 9.63. The second-order valence-electron chi connectivity index (χ2n) is 5.40. The van der Waals surface area contributed by atoms with E-state index in [4.69, 9.17) is 10.5 Å². The van der Waals surface area contributed by atoms with Gasteiger partial charge in [0.2, 0.25) is 0 Å². The minimum atomic E-state index is 0.141. The molecular weight excluding hydrogens is 246 g/mol. The SMILES string of the molecule is Cc1ccc(CC(N)CCOc2cccc(C)c2)cc1. The molecule has 0 aliphatic carbocycles. The molecule has 2 N–H and O–H groups in total. The van der Waals surface area contributed by atoms with Crippen LogP contribution in [0.2, 0.25) is 0 Å². The lowest BCUT2D eigenvalue weighted by Crippen LogP contribution is -2.25. The number of ether oxygens (including phenoxy) is 1. The molecule has 106 valence electrons. The topological polar surface area (TPSA) is 35.2 Å². The normalized spacial score (nSPS) is 12.2. The zero-order valence-corrected chi connectivity index (χ0v) is 12.3. The molecule has 0 radical (unpaired) electrons. The van der Waals surface area contributed by atoms with Crippen molar-refractivity contribution in [2.75, 3.05) is 6.61 Å². The highest BCUT2D eigenvalue weighted by molar-refractivity contribution is 5.27. The molecule has 20 heavy (non-hydrogen) atoms. The summed E-state index contributed by atoms with van der Waals surface area (Å²) in [5.74, 6) is 0.924. The van der Waals surface area contributed by atoms with E-state index in [0.29, 0.717) is 6.61 Å². The molecule has 2 aromatic carbocycles. The Morgan fingerprint density at radius 1 is 1.00 bits per heavy atom. The minimum absolute atomic E-state index is 0.141. The number of hydrogen-bond donors (Lipinski definition) is 1. The summed E-state index contributed by atoms with van der Waals surface area (Å²) in [7, 11) is 0. The van der Waals surface area contributed by atoms with Crippen molar-refractivity contribution in [3.8, 4) is 5.75 Å². The highest BCUT2D eigenvalue weighted by atomic mass is 16.5. The van der Waals surface area contributed by atoms with E-state index in [1.807, 2.05) is 18.2 Å². The lowest BCUT2D eigenvalue weighted by molar-refractivity contribution is 0.297. The van der Waals surface area contributed by atoms with Gasteiger partial charge in [0, 0.05) is 6.04 Å². The van der Waals surface area contributed by atoms with Crippen LogP contribution in [0.4, 0.5) is 0 Å². The Morgan fingerprint density at radius 2 is 1.75 bits per heavy atom. The summed E-state index contributed by atoms with van der Waals surface area (Å²) in [6, 6.07) is 16.8. The van der Waals surface area contributed by atoms with E-state index in [-0.39, 0.29) is 6.04 Å². The molecule has 2 aromatic rings. The van der Waals surface area contributed by atoms with Crippen LogP contribution >= 0.6 is 0 Å². The van der Waals surface area contributed by atoms with Crippen molar-refractivity contribution in [2.24, 2.45) is 5.73 Å². The van der Waals surface area contributed by atoms with Gasteiger partial charge in [-0.2, -0.15) is 0 Å². The van der Waals surface area contributed by atoms with Crippen LogP contribution in [0, 0.1) is 13.8 Å². The Bertz CT molecular complexity index is 533. The monoisotopic (exact) mass is 269 g/mol. The summed E-state index contributed by atoms with van der Waals surface area (Å²) in [6.45, 7) is 4.83. The summed E-state index contributed by atoms with van der Waals surface area (Å²) >= 11 is 0. The molecule has 0 aliphatic heterocycles. The molecule has 0 amide bonds. The third-order valence-corrected chi connectivity index (χ3v) is 3.37. The number of nitrogens with two attached hydrogens (primary N) is 1. The van der Waals surface area contributed by atoms with Gasteiger partial charge in [-0.1, -0.05) is 42.0 Å². The van der Waals surface area contributed by atoms with Gasteiger partial charge in [-0.3, -0.25) is 0 Å². The Balaban J connectivity index is 1.75. The van der Waals surface area contributed by atoms with Gasteiger partial charge in [-0.15, -0.1) is 0 Å². The summed E-state index contributed by atoms with van der Waals surface area (Å²) in [5, 5.41) is 0. The van der Waals surface area contributed by atoms with Crippen LogP contribution in [0.3, 0.4) is 0 Å². The zero-order valence-electron chi connectivity index (χ0n) is 12.3. The van der Waals surface area contributed by atoms with Gasteiger partial charge in [0.05, 0.1) is 6.61 Å². The molecule has 2 heteroatoms. The van der Waals surface area contributed by atoms with Crippen molar-refractivity contribution in [1.29, 1.82) is 0 Å². The third-order valence-electron chi connectivity index (χ3n) is 3.37. The molecule has 0 aromatic heterocycles. The van der Waals surface area contributed by atoms with Crippen molar-refractivity contribution in [3.63, 3.8) is 0 Å². The molecule has 1 unspecified atom stereocenters. The quantitative estimate of drug-likeness (QED) is 0.869. The fourth-order valence-electron chi connectivity index (χ4n) is 2.16. The number of aryl methyl sites for hydroxylation is 2. The summed E-state index contributed by atoms with van der Waals surface area (Å²) in [4.78, 5) is 0. The minimum Gasteiger partial charge on any atom is -0.494 e. The standard InChI is InChI=1S/C18H23NO/c1-14-6-8-16(9-7-14)13-17(19)10-11-20-18-5-3-4-15(2)12-18/h3-9,12,17H,10-11,13,19H2,1-2H3. The maximum absolute atomic E-state index is 6.16. The van der Waals surface area contributed by atoms with Crippen LogP contribution in [-0.4, -0.2) is 12.6 Å². The van der Waals surface area contributed by atoms with Crippen molar-refractivity contribution in [2.45, 2.75) is 32.7 Å². The van der Waals surface area contributed by atoms with Crippen LogP contribution < -0.4 is 10.5 Å². The number of rotatable bonds is 6. The van der Waals surface area contributed by atoms with Crippen molar-refractivity contribution in [3.05, 3.63) is 65.2 Å². The lowest BCUT2D eigenvalue weighted by Gasteiger charge is -2.13. The van der Waals surface area contributed by atoms with Crippen molar-refractivity contribution >= 4 is 0 Å². The van der Waals surface area contributed by atoms with E-state index in [0.717, 1.165) is 18.6 Å². The molecule has 0 bridgehead atoms. The Kier molecular flexibility index (Phi) is 5.19. The molecule has 1 atom stereocenters. The second kappa shape index (κ2) is 7.11. The second-order valence-corrected chi connectivity index (χ2v) is 5.40. The van der Waals surface area contributed by atoms with E-state index in [1.54, 1.807) is 0 Å². The fraction of sp³-hybridized carbons (Fsp3) is 0.333. The molecule has 2 rings (SSSR count). The third kappa shape index (κ3) is 4.71. The summed E-state index contributed by atoms with van der Waals surface area (Å²) in [6.07, 6.45) is 1.76. The van der Waals surface area contributed by atoms with Crippen LogP contribution in [-0.2, 0) is 6.42 Å². The maximum Gasteiger partial charge on any atom is 0.119 e. The van der Waals surface area contributed by atoms with Gasteiger partial charge in [0.25, 0.3) is 0 Å². The lowest BCUT2D eigenvalue weighted by atomic mass is 10.0. The van der Waals surface area contributed by atoms with Crippen molar-refractivity contribution in [1.82, 2.24) is 0 Å². The van der Waals surface area contributed by atoms with E-state index in [9.17, 15) is 0 Å². The van der Waals surface area contributed by atoms with Crippen LogP contribution in [0.15, 0.2) is 48.5 Å². The Morgan fingerprint density at radius 3 is 2.45 bits per heavy atom. The first kappa shape index (κ1) is 14.6. The Labute approximate surface area is 121 Å². The van der Waals surface area contributed by atoms with Gasteiger partial charge in [-0.25, -0.2) is 0 Å². The first-order valence-corrected chi connectivity index (χ1v) is 7.14. The highest BCUT2D eigenvalue weighted by Gasteiger charge is 2.05. The molecule has 0 heterocycles. The Hall–Kier alpha value is -1.80. The maximum atomic E-state index is 6.16. The highest BCUT2D eigenvalue weighted by Crippen LogP contribution is 2.13. The number of benzene rings is 2. The molecule has 0 aliphatic rings. The average molecular weight is 269 g/mol. The average Bonchev–Trinajstić information content (AvgIpc) is 2.41. The van der Waals surface area contributed by atoms with E-state index < -0.39 is 0 Å². The van der Waals surface area contributed by atoms with Gasteiger partial charge in [0.15, 0.2) is 0 Å². The predicted molar refractivity (Wildman–Crippen MR) is 84.1 cm³/mol. The van der Waals surface area contributed by atoms with Crippen LogP contribution in [0.1, 0.15) is 23.1 Å². The van der Waals surface area contributed by atoms with Gasteiger partial charge < -0.3 is 10.5 Å². The molecule has 0 saturated heterocycles. The van der Waals surface area contributed by atoms with E-state index >= 15 is 0 Å². The van der Waals surface area contributed by atoms with Gasteiger partial charge in [-0.05, 0) is 49.9 Å². The smallest absolute Gasteiger partial charge is 0.119 e. The van der Waals surface area contributed by atoms with E-state index in [2.05, 4.69) is 44.2 Å². The van der Waals surface area contributed by atoms with Gasteiger partial charge >= 0.3 is 0 Å². The molecule has 0 saturated carbocycles. The zero-order chi connectivity index (χ0) is 14.4. The number of hydrogen-bond acceptors (Lipinski definition) is 2. The van der Waals surface area contributed by atoms with Crippen LogP contribution in [0.5, 0.6) is 5.75 Å². The first-order valence-electron chi connectivity index (χ1n) is 7.14. The molecular formula is C18H23NO. The van der Waals surface area contributed by atoms with Crippen molar-refractivity contribution < 1.29 is 4.74 Å². The van der Waals surface area contributed by atoms with Crippen LogP contribution in [0.25, 0.3) is 0 Å². The summed E-state index contributed by atoms with van der Waals surface area (Å²) in [5.41, 5.74) is 9.95. The molecule has 0 fully saturated rings.